The molecular formula is C18H18NO2+. The fraction of sp³-hybridized carbons (Fsp3) is 0.333. The highest BCUT2D eigenvalue weighted by atomic mass is 16.7. The monoisotopic (exact) mass is 280 g/mol. The number of rotatable bonds is 0. The fourth-order valence-corrected chi connectivity index (χ4v) is 4.17. The average Bonchev–Trinajstić information content (AvgIpc) is 2.98. The summed E-state index contributed by atoms with van der Waals surface area (Å²) in [5.74, 6) is 1.89. The van der Waals surface area contributed by atoms with E-state index in [1.807, 2.05) is 0 Å². The van der Waals surface area contributed by atoms with E-state index >= 15 is 0 Å². The van der Waals surface area contributed by atoms with Crippen LogP contribution in [0.1, 0.15) is 22.7 Å². The maximum atomic E-state index is 5.83. The van der Waals surface area contributed by atoms with Gasteiger partial charge in [0.1, 0.15) is 6.04 Å². The highest BCUT2D eigenvalue weighted by Crippen LogP contribution is 2.51. The summed E-state index contributed by atoms with van der Waals surface area (Å²) in [4.78, 5) is 1.61. The van der Waals surface area contributed by atoms with Gasteiger partial charge < -0.3 is 14.4 Å². The summed E-state index contributed by atoms with van der Waals surface area (Å²) in [5, 5.41) is 0. The van der Waals surface area contributed by atoms with Crippen molar-refractivity contribution in [3.8, 4) is 22.6 Å². The van der Waals surface area contributed by atoms with E-state index < -0.39 is 0 Å². The molecule has 1 aliphatic carbocycles. The van der Waals surface area contributed by atoms with Crippen LogP contribution in [0.2, 0.25) is 0 Å². The lowest BCUT2D eigenvalue weighted by atomic mass is 9.76. The molecule has 5 rings (SSSR count). The van der Waals surface area contributed by atoms with Crippen molar-refractivity contribution in [3.63, 3.8) is 0 Å². The molecule has 0 spiro atoms. The lowest BCUT2D eigenvalue weighted by molar-refractivity contribution is -0.914. The number of quaternary nitrogens is 1. The molecule has 3 aliphatic rings. The van der Waals surface area contributed by atoms with Crippen LogP contribution in [0.4, 0.5) is 0 Å². The summed E-state index contributed by atoms with van der Waals surface area (Å²) in [6.07, 6.45) is 2.26. The molecule has 0 saturated carbocycles. The first-order valence-corrected chi connectivity index (χ1v) is 7.69. The second kappa shape index (κ2) is 4.01. The summed E-state index contributed by atoms with van der Waals surface area (Å²) in [5.41, 5.74) is 7.03. The van der Waals surface area contributed by atoms with E-state index in [0.29, 0.717) is 12.8 Å². The zero-order valence-corrected chi connectivity index (χ0v) is 12.1. The Kier molecular flexibility index (Phi) is 2.22. The van der Waals surface area contributed by atoms with Crippen LogP contribution in [0.3, 0.4) is 0 Å². The molecule has 2 heterocycles. The number of benzene rings is 2. The van der Waals surface area contributed by atoms with Crippen LogP contribution in [0, 0.1) is 0 Å². The molecule has 2 aromatic carbocycles. The van der Waals surface area contributed by atoms with Gasteiger partial charge in [-0.1, -0.05) is 24.3 Å². The highest BCUT2D eigenvalue weighted by molar-refractivity contribution is 5.83. The van der Waals surface area contributed by atoms with Crippen molar-refractivity contribution in [3.05, 3.63) is 47.0 Å². The normalized spacial score (nSPS) is 24.4. The Morgan fingerprint density at radius 2 is 2.05 bits per heavy atom. The molecule has 3 heteroatoms. The molecule has 21 heavy (non-hydrogen) atoms. The minimum atomic E-state index is 0.348. The van der Waals surface area contributed by atoms with E-state index in [2.05, 4.69) is 37.4 Å². The number of hydrogen-bond donors (Lipinski definition) is 1. The Hall–Kier alpha value is -2.00. The summed E-state index contributed by atoms with van der Waals surface area (Å²) >= 11 is 0. The maximum Gasteiger partial charge on any atom is 0.231 e. The Labute approximate surface area is 124 Å². The van der Waals surface area contributed by atoms with Gasteiger partial charge in [0.25, 0.3) is 0 Å². The largest absolute Gasteiger partial charge is 0.454 e. The van der Waals surface area contributed by atoms with Gasteiger partial charge in [0.05, 0.1) is 13.6 Å². The third-order valence-corrected chi connectivity index (χ3v) is 5.23. The van der Waals surface area contributed by atoms with Crippen molar-refractivity contribution in [2.75, 3.05) is 20.4 Å². The second-order valence-corrected chi connectivity index (χ2v) is 6.32. The molecule has 1 N–H and O–H groups in total. The minimum absolute atomic E-state index is 0.348. The third-order valence-electron chi connectivity index (χ3n) is 5.23. The van der Waals surface area contributed by atoms with Crippen molar-refractivity contribution in [2.24, 2.45) is 0 Å². The van der Waals surface area contributed by atoms with E-state index in [-0.39, 0.29) is 0 Å². The van der Waals surface area contributed by atoms with E-state index in [0.717, 1.165) is 24.3 Å². The van der Waals surface area contributed by atoms with Crippen LogP contribution in [-0.4, -0.2) is 20.4 Å². The Balaban J connectivity index is 1.89. The smallest absolute Gasteiger partial charge is 0.231 e. The number of likely N-dealkylation sites (N-methyl/N-ethyl adjacent to an activating group) is 1. The molecule has 106 valence electrons. The molecule has 0 radical (unpaired) electrons. The number of hydrogen-bond acceptors (Lipinski definition) is 2. The predicted molar refractivity (Wildman–Crippen MR) is 79.9 cm³/mol. The highest BCUT2D eigenvalue weighted by Gasteiger charge is 2.39. The molecule has 0 bridgehead atoms. The van der Waals surface area contributed by atoms with Crippen LogP contribution < -0.4 is 14.4 Å². The van der Waals surface area contributed by atoms with Crippen LogP contribution in [0.5, 0.6) is 11.5 Å². The van der Waals surface area contributed by atoms with Gasteiger partial charge in [-0.15, -0.1) is 0 Å². The van der Waals surface area contributed by atoms with E-state index in [1.165, 1.54) is 34.4 Å². The first kappa shape index (κ1) is 11.6. The van der Waals surface area contributed by atoms with Gasteiger partial charge in [-0.3, -0.25) is 0 Å². The van der Waals surface area contributed by atoms with Gasteiger partial charge in [0.2, 0.25) is 6.79 Å². The molecule has 0 fully saturated rings. The zero-order valence-electron chi connectivity index (χ0n) is 12.1. The summed E-state index contributed by atoms with van der Waals surface area (Å²) in [6, 6.07) is 11.5. The Morgan fingerprint density at radius 1 is 1.14 bits per heavy atom. The second-order valence-electron chi connectivity index (χ2n) is 6.32. The topological polar surface area (TPSA) is 22.9 Å². The molecule has 0 amide bonds. The zero-order chi connectivity index (χ0) is 14.0. The van der Waals surface area contributed by atoms with Crippen molar-refractivity contribution in [1.82, 2.24) is 0 Å². The molecule has 1 unspecified atom stereocenters. The van der Waals surface area contributed by atoms with Gasteiger partial charge >= 0.3 is 0 Å². The van der Waals surface area contributed by atoms with Crippen molar-refractivity contribution in [1.29, 1.82) is 0 Å². The molecular weight excluding hydrogens is 262 g/mol. The first-order valence-electron chi connectivity index (χ1n) is 7.69. The van der Waals surface area contributed by atoms with Gasteiger partial charge in [0, 0.05) is 24.0 Å². The van der Waals surface area contributed by atoms with Crippen LogP contribution >= 0.6 is 0 Å². The van der Waals surface area contributed by atoms with Crippen molar-refractivity contribution >= 4 is 0 Å². The van der Waals surface area contributed by atoms with Gasteiger partial charge in [0.15, 0.2) is 11.5 Å². The lowest BCUT2D eigenvalue weighted by Gasteiger charge is -2.37. The quantitative estimate of drug-likeness (QED) is 0.794. The molecule has 3 nitrogen and oxygen atoms in total. The standard InChI is InChI=1S/C18H17NO2/c1-19-7-6-12-9-15-18(21-10-20-15)17-13-5-3-2-4-11(13)8-14(19)16(12)17/h2-5,9,14H,6-8,10H2,1H3/p+1/t14-/m0/s1. The maximum absolute atomic E-state index is 5.83. The van der Waals surface area contributed by atoms with Gasteiger partial charge in [-0.05, 0) is 22.8 Å². The minimum Gasteiger partial charge on any atom is -0.454 e. The average molecular weight is 280 g/mol. The van der Waals surface area contributed by atoms with Gasteiger partial charge in [-0.25, -0.2) is 0 Å². The number of nitrogens with one attached hydrogen (secondary N) is 1. The third kappa shape index (κ3) is 1.47. The molecule has 0 saturated heterocycles. The molecule has 0 aromatic heterocycles. The number of fused-ring (bicyclic) bond motifs is 4. The van der Waals surface area contributed by atoms with E-state index in [1.54, 1.807) is 4.90 Å². The Morgan fingerprint density at radius 3 is 3.00 bits per heavy atom. The SMILES string of the molecule is C[NH+]1CCc2cc3c(c4c2[C@@H]1Cc1ccccc1-4)OCO3. The fourth-order valence-electron chi connectivity index (χ4n) is 4.17. The molecule has 2 aliphatic heterocycles. The predicted octanol–water partition coefficient (Wildman–Crippen LogP) is 1.75. The van der Waals surface area contributed by atoms with Crippen LogP contribution in [-0.2, 0) is 12.8 Å². The first-order chi connectivity index (χ1) is 10.3. The summed E-state index contributed by atoms with van der Waals surface area (Å²) in [6.45, 7) is 1.54. The van der Waals surface area contributed by atoms with E-state index in [4.69, 9.17) is 9.47 Å². The summed E-state index contributed by atoms with van der Waals surface area (Å²) in [7, 11) is 2.32. The Bertz CT molecular complexity index is 753. The summed E-state index contributed by atoms with van der Waals surface area (Å²) < 4.78 is 11.5. The van der Waals surface area contributed by atoms with Crippen LogP contribution in [0.15, 0.2) is 30.3 Å². The van der Waals surface area contributed by atoms with Crippen molar-refractivity contribution in [2.45, 2.75) is 18.9 Å². The van der Waals surface area contributed by atoms with Crippen molar-refractivity contribution < 1.29 is 14.4 Å². The van der Waals surface area contributed by atoms with Gasteiger partial charge in [-0.2, -0.15) is 0 Å². The molecule has 2 aromatic rings. The van der Waals surface area contributed by atoms with E-state index in [9.17, 15) is 0 Å². The number of ether oxygens (including phenoxy) is 2. The lowest BCUT2D eigenvalue weighted by Crippen LogP contribution is -3.10. The van der Waals surface area contributed by atoms with Crippen LogP contribution in [0.25, 0.3) is 11.1 Å². The molecule has 2 atom stereocenters.